The highest BCUT2D eigenvalue weighted by molar-refractivity contribution is 7.71. The van der Waals surface area contributed by atoms with Crippen LogP contribution in [0.1, 0.15) is 5.56 Å². The molecule has 0 bridgehead atoms. The summed E-state index contributed by atoms with van der Waals surface area (Å²) in [5, 5.41) is 4.42. The third-order valence-corrected chi connectivity index (χ3v) is 5.50. The van der Waals surface area contributed by atoms with E-state index in [0.29, 0.717) is 13.3 Å². The number of aromatic nitrogens is 3. The molecule has 2 aromatic rings. The molecule has 0 saturated carbocycles. The number of fused-ring (bicyclic) bond motifs is 1. The van der Waals surface area contributed by atoms with Crippen LogP contribution in [0, 0.1) is 4.77 Å². The molecule has 0 amide bonds. The first-order valence-electron chi connectivity index (χ1n) is 9.02. The topological polar surface area (TPSA) is 50.1 Å². The minimum Gasteiger partial charge on any atom is -0.454 e. The van der Waals surface area contributed by atoms with E-state index in [1.165, 1.54) is 10.5 Å². The van der Waals surface area contributed by atoms with Crippen LogP contribution in [0.15, 0.2) is 37.2 Å². The highest BCUT2D eigenvalue weighted by atomic mass is 32.1. The van der Waals surface area contributed by atoms with Gasteiger partial charge in [-0.05, 0) is 30.4 Å². The summed E-state index contributed by atoms with van der Waals surface area (Å²) in [7, 11) is 0. The van der Waals surface area contributed by atoms with E-state index in [1.807, 2.05) is 21.4 Å². The van der Waals surface area contributed by atoms with Gasteiger partial charge >= 0.3 is 0 Å². The van der Waals surface area contributed by atoms with E-state index in [1.54, 1.807) is 11.2 Å². The molecule has 1 aromatic heterocycles. The van der Waals surface area contributed by atoms with Crippen molar-refractivity contribution in [1.82, 2.24) is 14.3 Å². The number of hydrogen-bond donors (Lipinski definition) is 2. The van der Waals surface area contributed by atoms with Gasteiger partial charge in [0.15, 0.2) is 18.2 Å². The maximum Gasteiger partial charge on any atom is 0.231 e. The molecular weight excluding hydrogens is 350 g/mol. The van der Waals surface area contributed by atoms with Crippen molar-refractivity contribution in [3.63, 3.8) is 0 Å². The normalized spacial score (nSPS) is 21.7. The van der Waals surface area contributed by atoms with Gasteiger partial charge in [0.2, 0.25) is 11.6 Å². The lowest BCUT2D eigenvalue weighted by Gasteiger charge is -2.29. The second-order valence-corrected chi connectivity index (χ2v) is 7.24. The van der Waals surface area contributed by atoms with Gasteiger partial charge in [-0.25, -0.2) is 0 Å². The number of nitrogens with zero attached hydrogens (tertiary/aromatic N) is 3. The van der Waals surface area contributed by atoms with Gasteiger partial charge in [-0.2, -0.15) is 9.78 Å². The molecule has 1 aromatic carbocycles. The molecule has 2 aliphatic rings. The Hall–Kier alpha value is -2.16. The van der Waals surface area contributed by atoms with Crippen LogP contribution in [0.5, 0.6) is 11.5 Å². The summed E-state index contributed by atoms with van der Waals surface area (Å²) in [6, 6.07) is 6.27. The predicted molar refractivity (Wildman–Crippen MR) is 98.9 cm³/mol. The largest absolute Gasteiger partial charge is 0.454 e. The molecule has 7 nitrogen and oxygen atoms in total. The Morgan fingerprint density at radius 1 is 1.15 bits per heavy atom. The lowest BCUT2D eigenvalue weighted by atomic mass is 10.1. The molecule has 0 spiro atoms. The van der Waals surface area contributed by atoms with Gasteiger partial charge < -0.3 is 23.8 Å². The molecule has 0 radical (unpaired) electrons. The molecule has 0 aliphatic carbocycles. The molecule has 2 aliphatic heterocycles. The summed E-state index contributed by atoms with van der Waals surface area (Å²) in [4.78, 5) is 3.13. The summed E-state index contributed by atoms with van der Waals surface area (Å²) >= 11 is 5.48. The predicted octanol–water partition coefficient (Wildman–Crippen LogP) is -0.730. The molecule has 4 rings (SSSR count). The van der Waals surface area contributed by atoms with Crippen LogP contribution in [0.3, 0.4) is 0 Å². The lowest BCUT2D eigenvalue weighted by molar-refractivity contribution is -1.03. The molecule has 138 valence electrons. The van der Waals surface area contributed by atoms with Crippen LogP contribution in [-0.2, 0) is 19.8 Å². The Balaban J connectivity index is 1.30. The highest BCUT2D eigenvalue weighted by Crippen LogP contribution is 2.32. The van der Waals surface area contributed by atoms with Gasteiger partial charge in [0.05, 0.1) is 0 Å². The number of ether oxygens (including phenoxy) is 2. The second kappa shape index (κ2) is 7.61. The van der Waals surface area contributed by atoms with Crippen molar-refractivity contribution in [1.29, 1.82) is 0 Å². The fourth-order valence-electron chi connectivity index (χ4n) is 3.59. The first kappa shape index (κ1) is 17.3. The van der Waals surface area contributed by atoms with Gasteiger partial charge in [0.25, 0.3) is 0 Å². The minimum absolute atomic E-state index is 0.332. The maximum atomic E-state index is 5.48. The van der Waals surface area contributed by atoms with Crippen LogP contribution < -0.4 is 19.3 Å². The summed E-state index contributed by atoms with van der Waals surface area (Å²) in [6.07, 6.45) is 3.64. The van der Waals surface area contributed by atoms with Crippen molar-refractivity contribution in [3.05, 3.63) is 47.5 Å². The maximum absolute atomic E-state index is 5.48. The van der Waals surface area contributed by atoms with Crippen LogP contribution in [0.4, 0.5) is 0 Å². The number of allylic oxidation sites excluding steroid dienone is 1. The van der Waals surface area contributed by atoms with Gasteiger partial charge in [-0.1, -0.05) is 6.08 Å². The van der Waals surface area contributed by atoms with Crippen LogP contribution in [0.2, 0.25) is 0 Å². The monoisotopic (exact) mass is 375 g/mol. The average Bonchev–Trinajstić information content (AvgIpc) is 3.25. The smallest absolute Gasteiger partial charge is 0.231 e. The van der Waals surface area contributed by atoms with Crippen molar-refractivity contribution in [2.45, 2.75) is 19.8 Å². The van der Waals surface area contributed by atoms with E-state index >= 15 is 0 Å². The highest BCUT2D eigenvalue weighted by Gasteiger charge is 2.24. The SMILES string of the molecule is C=CCn1cnn(C[NH+]2CC[NH+](Cc3ccc4c(c3)OCO4)CC2)c1=S. The van der Waals surface area contributed by atoms with Crippen molar-refractivity contribution in [3.8, 4) is 11.5 Å². The van der Waals surface area contributed by atoms with E-state index in [9.17, 15) is 0 Å². The van der Waals surface area contributed by atoms with Crippen molar-refractivity contribution in [2.75, 3.05) is 33.0 Å². The zero-order chi connectivity index (χ0) is 17.9. The zero-order valence-corrected chi connectivity index (χ0v) is 15.6. The van der Waals surface area contributed by atoms with Crippen LogP contribution in [0.25, 0.3) is 0 Å². The molecule has 1 saturated heterocycles. The lowest BCUT2D eigenvalue weighted by Crippen LogP contribution is -3.27. The Bertz CT molecular complexity index is 838. The number of piperazine rings is 1. The summed E-state index contributed by atoms with van der Waals surface area (Å²) < 4.78 is 15.5. The fraction of sp³-hybridized carbons (Fsp3) is 0.444. The number of benzene rings is 1. The average molecular weight is 375 g/mol. The van der Waals surface area contributed by atoms with E-state index in [-0.39, 0.29) is 0 Å². The van der Waals surface area contributed by atoms with Gasteiger partial charge in [-0.15, -0.1) is 6.58 Å². The van der Waals surface area contributed by atoms with Crippen LogP contribution in [-0.4, -0.2) is 47.3 Å². The van der Waals surface area contributed by atoms with Gasteiger partial charge in [0, 0.05) is 12.1 Å². The van der Waals surface area contributed by atoms with Crippen LogP contribution >= 0.6 is 12.2 Å². The number of rotatable bonds is 6. The molecular formula is C18H25N5O2S+2. The third kappa shape index (κ3) is 3.67. The molecule has 0 atom stereocenters. The standard InChI is InChI=1S/C18H23N5O2S/c1-2-5-22-12-19-23(18(22)26)13-21-8-6-20(7-9-21)11-15-3-4-16-17(10-15)25-14-24-16/h2-4,10,12H,1,5-9,11,13-14H2/p+2. The molecule has 2 N–H and O–H groups in total. The Labute approximate surface area is 158 Å². The van der Waals surface area contributed by atoms with E-state index < -0.39 is 0 Å². The third-order valence-electron chi connectivity index (χ3n) is 5.05. The van der Waals surface area contributed by atoms with Gasteiger partial charge in [-0.3, -0.25) is 0 Å². The summed E-state index contributed by atoms with van der Waals surface area (Å²) in [5.41, 5.74) is 1.30. The van der Waals surface area contributed by atoms with E-state index in [4.69, 9.17) is 21.7 Å². The van der Waals surface area contributed by atoms with E-state index in [0.717, 1.165) is 55.7 Å². The molecule has 8 heteroatoms. The summed E-state index contributed by atoms with van der Waals surface area (Å²) in [5.74, 6) is 1.72. The molecule has 1 fully saturated rings. The molecule has 0 unspecified atom stereocenters. The quantitative estimate of drug-likeness (QED) is 0.516. The second-order valence-electron chi connectivity index (χ2n) is 6.88. The number of quaternary nitrogens is 2. The van der Waals surface area contributed by atoms with Crippen molar-refractivity contribution >= 4 is 12.2 Å². The Morgan fingerprint density at radius 3 is 2.73 bits per heavy atom. The zero-order valence-electron chi connectivity index (χ0n) is 14.8. The number of nitrogens with one attached hydrogen (secondary N) is 2. The molecule has 26 heavy (non-hydrogen) atoms. The Morgan fingerprint density at radius 2 is 1.92 bits per heavy atom. The van der Waals surface area contributed by atoms with Crippen molar-refractivity contribution in [2.24, 2.45) is 0 Å². The number of hydrogen-bond acceptors (Lipinski definition) is 4. The fourth-order valence-corrected chi connectivity index (χ4v) is 3.82. The summed E-state index contributed by atoms with van der Waals surface area (Å²) in [6.45, 7) is 11.2. The van der Waals surface area contributed by atoms with Gasteiger partial charge in [0.1, 0.15) is 39.1 Å². The first-order valence-corrected chi connectivity index (χ1v) is 9.42. The van der Waals surface area contributed by atoms with Crippen molar-refractivity contribution < 1.29 is 19.3 Å². The Kier molecular flexibility index (Phi) is 5.05. The van der Waals surface area contributed by atoms with E-state index in [2.05, 4.69) is 23.8 Å². The first-order chi connectivity index (χ1) is 12.7. The minimum atomic E-state index is 0.332. The molecule has 3 heterocycles.